The summed E-state index contributed by atoms with van der Waals surface area (Å²) in [4.78, 5) is 14.6. The molecule has 0 spiro atoms. The molecule has 0 unspecified atom stereocenters. The van der Waals surface area contributed by atoms with Crippen LogP contribution in [0.25, 0.3) is 0 Å². The topological polar surface area (TPSA) is 51.1 Å². The minimum Gasteiger partial charge on any atom is -0.376 e. The molecule has 4 rings (SSSR count). The quantitative estimate of drug-likeness (QED) is 0.816. The molecule has 0 aromatic carbocycles. The molecular formula is C18H21FN4O. The number of ether oxygens (including phenoxy) is 1. The summed E-state index contributed by atoms with van der Waals surface area (Å²) in [5.74, 6) is 0.904. The van der Waals surface area contributed by atoms with E-state index in [-0.39, 0.29) is 12.1 Å². The number of hydrogen-bond acceptors (Lipinski definition) is 5. The van der Waals surface area contributed by atoms with Gasteiger partial charge in [-0.3, -0.25) is 4.98 Å². The predicted molar refractivity (Wildman–Crippen MR) is 88.1 cm³/mol. The van der Waals surface area contributed by atoms with E-state index in [1.54, 1.807) is 0 Å². The second kappa shape index (κ2) is 6.81. The van der Waals surface area contributed by atoms with Gasteiger partial charge in [0.05, 0.1) is 24.5 Å². The summed E-state index contributed by atoms with van der Waals surface area (Å²) in [6, 6.07) is 4.22. The van der Waals surface area contributed by atoms with Gasteiger partial charge in [-0.05, 0) is 49.3 Å². The molecule has 1 aliphatic heterocycles. The Kier molecular flexibility index (Phi) is 4.38. The molecule has 24 heavy (non-hydrogen) atoms. The minimum atomic E-state index is -0.412. The van der Waals surface area contributed by atoms with Crippen molar-refractivity contribution in [2.75, 3.05) is 18.1 Å². The van der Waals surface area contributed by atoms with Gasteiger partial charge in [0.15, 0.2) is 5.82 Å². The fourth-order valence-electron chi connectivity index (χ4n) is 3.27. The number of anilines is 1. The maximum Gasteiger partial charge on any atom is 0.225 e. The zero-order chi connectivity index (χ0) is 16.4. The van der Waals surface area contributed by atoms with Crippen molar-refractivity contribution < 1.29 is 9.13 Å². The molecule has 0 N–H and O–H groups in total. The zero-order valence-corrected chi connectivity index (χ0v) is 13.5. The van der Waals surface area contributed by atoms with E-state index in [2.05, 4.69) is 19.9 Å². The lowest BCUT2D eigenvalue weighted by molar-refractivity contribution is 0.0406. The van der Waals surface area contributed by atoms with Gasteiger partial charge in [0.25, 0.3) is 0 Å². The highest BCUT2D eigenvalue weighted by atomic mass is 19.1. The summed E-state index contributed by atoms with van der Waals surface area (Å²) >= 11 is 0. The van der Waals surface area contributed by atoms with Gasteiger partial charge in [-0.15, -0.1) is 0 Å². The summed E-state index contributed by atoms with van der Waals surface area (Å²) in [5, 5.41) is 0. The molecule has 6 heteroatoms. The molecule has 126 valence electrons. The molecule has 2 aromatic rings. The number of halogens is 1. The average Bonchev–Trinajstić information content (AvgIpc) is 3.36. The van der Waals surface area contributed by atoms with Crippen molar-refractivity contribution in [2.24, 2.45) is 5.92 Å². The predicted octanol–water partition coefficient (Wildman–Crippen LogP) is 2.63. The van der Waals surface area contributed by atoms with E-state index in [0.717, 1.165) is 31.9 Å². The van der Waals surface area contributed by atoms with E-state index in [1.165, 1.54) is 30.8 Å². The highest BCUT2D eigenvalue weighted by molar-refractivity contribution is 5.35. The van der Waals surface area contributed by atoms with Crippen LogP contribution < -0.4 is 4.90 Å². The molecule has 2 atom stereocenters. The Hall–Kier alpha value is -2.08. The zero-order valence-electron chi connectivity index (χ0n) is 13.5. The minimum absolute atomic E-state index is 0.160. The van der Waals surface area contributed by atoms with Gasteiger partial charge in [-0.25, -0.2) is 14.4 Å². The first-order valence-electron chi connectivity index (χ1n) is 8.54. The summed E-state index contributed by atoms with van der Waals surface area (Å²) in [7, 11) is 0. The van der Waals surface area contributed by atoms with Crippen LogP contribution in [0.2, 0.25) is 0 Å². The van der Waals surface area contributed by atoms with Crippen LogP contribution in [-0.4, -0.2) is 40.2 Å². The Morgan fingerprint density at radius 1 is 1.12 bits per heavy atom. The molecule has 1 saturated carbocycles. The standard InChI is InChI=1S/C18H21FN4O/c19-15-10-21-18(22-11-15)23-8-5-17(24-12-14-1-2-14)16(23)9-13-3-6-20-7-4-13/h3-4,6-7,10-11,14,16-17H,1-2,5,8-9,12H2/t16-,17-/m1/s1. The number of nitrogens with zero attached hydrogens (tertiary/aromatic N) is 4. The third kappa shape index (κ3) is 3.53. The molecule has 2 aromatic heterocycles. The Morgan fingerprint density at radius 2 is 1.88 bits per heavy atom. The van der Waals surface area contributed by atoms with Crippen molar-refractivity contribution in [3.63, 3.8) is 0 Å². The van der Waals surface area contributed by atoms with Crippen LogP contribution in [0.5, 0.6) is 0 Å². The van der Waals surface area contributed by atoms with Crippen LogP contribution in [-0.2, 0) is 11.2 Å². The Bertz CT molecular complexity index is 662. The van der Waals surface area contributed by atoms with Crippen LogP contribution in [0.4, 0.5) is 10.3 Å². The Morgan fingerprint density at radius 3 is 2.58 bits per heavy atom. The Labute approximate surface area is 140 Å². The smallest absolute Gasteiger partial charge is 0.225 e. The summed E-state index contributed by atoms with van der Waals surface area (Å²) in [6.07, 6.45) is 10.6. The van der Waals surface area contributed by atoms with Gasteiger partial charge in [0.2, 0.25) is 5.95 Å². The van der Waals surface area contributed by atoms with E-state index in [1.807, 2.05) is 24.5 Å². The lowest BCUT2D eigenvalue weighted by Crippen LogP contribution is -2.39. The van der Waals surface area contributed by atoms with Crippen LogP contribution >= 0.6 is 0 Å². The van der Waals surface area contributed by atoms with E-state index in [9.17, 15) is 4.39 Å². The number of pyridine rings is 1. The summed E-state index contributed by atoms with van der Waals surface area (Å²) in [6.45, 7) is 1.67. The largest absolute Gasteiger partial charge is 0.376 e. The van der Waals surface area contributed by atoms with Gasteiger partial charge in [-0.1, -0.05) is 0 Å². The van der Waals surface area contributed by atoms with Crippen molar-refractivity contribution >= 4 is 5.95 Å². The SMILES string of the molecule is Fc1cnc(N2CC[C@@H](OCC3CC3)[C@H]2Cc2ccncc2)nc1. The highest BCUT2D eigenvalue weighted by Gasteiger charge is 2.37. The van der Waals surface area contributed by atoms with Gasteiger partial charge >= 0.3 is 0 Å². The molecule has 0 bridgehead atoms. The van der Waals surface area contributed by atoms with Gasteiger partial charge < -0.3 is 9.64 Å². The first-order valence-corrected chi connectivity index (χ1v) is 8.54. The van der Waals surface area contributed by atoms with Gasteiger partial charge in [0.1, 0.15) is 0 Å². The lowest BCUT2D eigenvalue weighted by Gasteiger charge is -2.28. The van der Waals surface area contributed by atoms with Crippen LogP contribution in [0.3, 0.4) is 0 Å². The second-order valence-electron chi connectivity index (χ2n) is 6.63. The third-order valence-electron chi connectivity index (χ3n) is 4.78. The van der Waals surface area contributed by atoms with Crippen LogP contribution in [0.1, 0.15) is 24.8 Å². The van der Waals surface area contributed by atoms with E-state index >= 15 is 0 Å². The van der Waals surface area contributed by atoms with E-state index in [0.29, 0.717) is 5.95 Å². The molecule has 0 amide bonds. The first-order chi connectivity index (χ1) is 11.8. The van der Waals surface area contributed by atoms with Crippen LogP contribution in [0, 0.1) is 11.7 Å². The second-order valence-corrected chi connectivity index (χ2v) is 6.63. The van der Waals surface area contributed by atoms with Crippen LogP contribution in [0.15, 0.2) is 36.9 Å². The number of rotatable bonds is 6. The van der Waals surface area contributed by atoms with E-state index in [4.69, 9.17) is 4.74 Å². The molecule has 1 aliphatic carbocycles. The molecular weight excluding hydrogens is 307 g/mol. The molecule has 2 aliphatic rings. The normalized spacial score (nSPS) is 23.6. The maximum atomic E-state index is 13.1. The van der Waals surface area contributed by atoms with Crippen molar-refractivity contribution in [3.05, 3.63) is 48.3 Å². The number of hydrogen-bond donors (Lipinski definition) is 0. The summed E-state index contributed by atoms with van der Waals surface area (Å²) in [5.41, 5.74) is 1.21. The molecule has 3 heterocycles. The van der Waals surface area contributed by atoms with Gasteiger partial charge in [0, 0.05) is 25.5 Å². The maximum absolute atomic E-state index is 13.1. The fraction of sp³-hybridized carbons (Fsp3) is 0.500. The highest BCUT2D eigenvalue weighted by Crippen LogP contribution is 2.32. The molecule has 5 nitrogen and oxygen atoms in total. The van der Waals surface area contributed by atoms with E-state index < -0.39 is 5.82 Å². The number of aromatic nitrogens is 3. The monoisotopic (exact) mass is 328 g/mol. The lowest BCUT2D eigenvalue weighted by atomic mass is 10.0. The van der Waals surface area contributed by atoms with Crippen molar-refractivity contribution in [1.82, 2.24) is 15.0 Å². The van der Waals surface area contributed by atoms with Gasteiger partial charge in [-0.2, -0.15) is 0 Å². The van der Waals surface area contributed by atoms with Crippen molar-refractivity contribution in [1.29, 1.82) is 0 Å². The molecule has 0 radical (unpaired) electrons. The van der Waals surface area contributed by atoms with Crippen molar-refractivity contribution in [2.45, 2.75) is 37.8 Å². The fourth-order valence-corrected chi connectivity index (χ4v) is 3.27. The molecule has 1 saturated heterocycles. The first kappa shape index (κ1) is 15.4. The Balaban J connectivity index is 1.53. The summed E-state index contributed by atoms with van der Waals surface area (Å²) < 4.78 is 19.3. The van der Waals surface area contributed by atoms with Crippen molar-refractivity contribution in [3.8, 4) is 0 Å². The average molecular weight is 328 g/mol. The third-order valence-corrected chi connectivity index (χ3v) is 4.78. The molecule has 2 fully saturated rings.